The summed E-state index contributed by atoms with van der Waals surface area (Å²) in [5.74, 6) is 1.38. The predicted molar refractivity (Wildman–Crippen MR) is 79.0 cm³/mol. The number of benzene rings is 1. The van der Waals surface area contributed by atoms with Gasteiger partial charge in [0.05, 0.1) is 18.5 Å². The molecule has 4 nitrogen and oxygen atoms in total. The molecule has 0 aliphatic rings. The molecule has 0 aliphatic heterocycles. The molecule has 19 heavy (non-hydrogen) atoms. The quantitative estimate of drug-likeness (QED) is 0.780. The molecule has 5 heteroatoms. The highest BCUT2D eigenvalue weighted by Gasteiger charge is 2.27. The predicted octanol–water partition coefficient (Wildman–Crippen LogP) is 2.84. The second kappa shape index (κ2) is 6.28. The summed E-state index contributed by atoms with van der Waals surface area (Å²) in [7, 11) is 4.97. The molecule has 106 valence electrons. The first-order chi connectivity index (χ1) is 8.79. The number of carbonyl (C=O) groups is 1. The Balaban J connectivity index is 2.86. The third-order valence-electron chi connectivity index (χ3n) is 2.72. The molecule has 0 heterocycles. The van der Waals surface area contributed by atoms with Gasteiger partial charge in [0.15, 0.2) is 11.5 Å². The van der Waals surface area contributed by atoms with E-state index in [4.69, 9.17) is 9.47 Å². The van der Waals surface area contributed by atoms with E-state index in [1.807, 2.05) is 32.0 Å². The zero-order chi connectivity index (χ0) is 14.6. The van der Waals surface area contributed by atoms with Crippen molar-refractivity contribution in [2.24, 2.45) is 0 Å². The molecule has 0 spiro atoms. The number of hydrogen-bond donors (Lipinski definition) is 0. The van der Waals surface area contributed by atoms with Gasteiger partial charge in [-0.2, -0.15) is 0 Å². The van der Waals surface area contributed by atoms with Crippen molar-refractivity contribution in [1.82, 2.24) is 4.90 Å². The largest absolute Gasteiger partial charge is 0.493 e. The van der Waals surface area contributed by atoms with Gasteiger partial charge in [-0.05, 0) is 31.5 Å². The summed E-state index contributed by atoms with van der Waals surface area (Å²) >= 11 is 3.37. The Morgan fingerprint density at radius 3 is 2.32 bits per heavy atom. The molecular weight excluding hydrogens is 310 g/mol. The molecule has 0 aliphatic carbocycles. The minimum Gasteiger partial charge on any atom is -0.493 e. The van der Waals surface area contributed by atoms with Gasteiger partial charge in [0.25, 0.3) is 0 Å². The Labute approximate surface area is 122 Å². The molecule has 1 amide bonds. The van der Waals surface area contributed by atoms with Crippen molar-refractivity contribution in [3.05, 3.63) is 23.8 Å². The summed E-state index contributed by atoms with van der Waals surface area (Å²) in [6, 6.07) is 5.64. The van der Waals surface area contributed by atoms with Crippen LogP contribution in [0.1, 0.15) is 19.4 Å². The molecule has 0 atom stereocenters. The molecule has 1 aromatic carbocycles. The number of carbonyl (C=O) groups excluding carboxylic acids is 1. The van der Waals surface area contributed by atoms with Gasteiger partial charge in [-0.3, -0.25) is 4.79 Å². The van der Waals surface area contributed by atoms with E-state index in [0.717, 1.165) is 5.56 Å². The molecule has 0 aromatic heterocycles. The van der Waals surface area contributed by atoms with Crippen LogP contribution in [0.4, 0.5) is 0 Å². The van der Waals surface area contributed by atoms with Crippen LogP contribution in [-0.2, 0) is 11.3 Å². The van der Waals surface area contributed by atoms with E-state index in [0.29, 0.717) is 18.0 Å². The van der Waals surface area contributed by atoms with Gasteiger partial charge in [-0.1, -0.05) is 22.0 Å². The zero-order valence-corrected chi connectivity index (χ0v) is 13.6. The average Bonchev–Trinajstić information content (AvgIpc) is 2.36. The lowest BCUT2D eigenvalue weighted by atomic mass is 10.1. The van der Waals surface area contributed by atoms with Crippen LogP contribution in [0, 0.1) is 0 Å². The highest BCUT2D eigenvalue weighted by molar-refractivity contribution is 9.10. The van der Waals surface area contributed by atoms with Crippen LogP contribution >= 0.6 is 15.9 Å². The minimum absolute atomic E-state index is 0.0299. The number of amides is 1. The van der Waals surface area contributed by atoms with Crippen molar-refractivity contribution >= 4 is 21.8 Å². The number of ether oxygens (including phenoxy) is 2. The SMILES string of the molecule is COc1ccc(CN(C)C(=O)C(C)(C)Br)cc1OC. The third kappa shape index (κ3) is 4.13. The molecule has 0 saturated heterocycles. The molecule has 0 unspecified atom stereocenters. The van der Waals surface area contributed by atoms with E-state index in [2.05, 4.69) is 15.9 Å². The molecule has 0 radical (unpaired) electrons. The van der Waals surface area contributed by atoms with Crippen molar-refractivity contribution in [3.8, 4) is 11.5 Å². The van der Waals surface area contributed by atoms with Crippen molar-refractivity contribution in [2.75, 3.05) is 21.3 Å². The van der Waals surface area contributed by atoms with Crippen LogP contribution in [0.2, 0.25) is 0 Å². The highest BCUT2D eigenvalue weighted by Crippen LogP contribution is 2.28. The zero-order valence-electron chi connectivity index (χ0n) is 12.0. The van der Waals surface area contributed by atoms with Gasteiger partial charge in [0, 0.05) is 13.6 Å². The molecule has 0 N–H and O–H groups in total. The Hall–Kier alpha value is -1.23. The van der Waals surface area contributed by atoms with E-state index < -0.39 is 4.32 Å². The summed E-state index contributed by atoms with van der Waals surface area (Å²) in [4.78, 5) is 13.7. The monoisotopic (exact) mass is 329 g/mol. The van der Waals surface area contributed by atoms with Crippen LogP contribution in [0.15, 0.2) is 18.2 Å². The maximum absolute atomic E-state index is 12.1. The number of hydrogen-bond acceptors (Lipinski definition) is 3. The second-order valence-electron chi connectivity index (χ2n) is 4.82. The van der Waals surface area contributed by atoms with E-state index in [9.17, 15) is 4.79 Å². The number of rotatable bonds is 5. The van der Waals surface area contributed by atoms with Crippen LogP contribution in [0.25, 0.3) is 0 Å². The van der Waals surface area contributed by atoms with Gasteiger partial charge in [-0.15, -0.1) is 0 Å². The Kier molecular flexibility index (Phi) is 5.23. The fraction of sp³-hybridized carbons (Fsp3) is 0.500. The number of alkyl halides is 1. The fourth-order valence-electron chi connectivity index (χ4n) is 1.78. The Morgan fingerprint density at radius 1 is 1.26 bits per heavy atom. The number of nitrogens with zero attached hydrogens (tertiary/aromatic N) is 1. The number of methoxy groups -OCH3 is 2. The second-order valence-corrected chi connectivity index (χ2v) is 6.81. The maximum Gasteiger partial charge on any atom is 0.238 e. The van der Waals surface area contributed by atoms with Gasteiger partial charge in [0.1, 0.15) is 0 Å². The smallest absolute Gasteiger partial charge is 0.238 e. The van der Waals surface area contributed by atoms with Gasteiger partial charge in [0.2, 0.25) is 5.91 Å². The summed E-state index contributed by atoms with van der Waals surface area (Å²) in [6.45, 7) is 4.19. The minimum atomic E-state index is -0.557. The third-order valence-corrected chi connectivity index (χ3v) is 3.06. The van der Waals surface area contributed by atoms with Crippen molar-refractivity contribution < 1.29 is 14.3 Å². The first-order valence-electron chi connectivity index (χ1n) is 5.95. The first-order valence-corrected chi connectivity index (χ1v) is 6.74. The van der Waals surface area contributed by atoms with Crippen molar-refractivity contribution in [2.45, 2.75) is 24.7 Å². The summed E-state index contributed by atoms with van der Waals surface area (Å²) in [6.07, 6.45) is 0. The van der Waals surface area contributed by atoms with Crippen LogP contribution in [0.3, 0.4) is 0 Å². The van der Waals surface area contributed by atoms with E-state index in [1.54, 1.807) is 26.2 Å². The standard InChI is InChI=1S/C14H20BrNO3/c1-14(2,15)13(17)16(3)9-10-6-7-11(18-4)12(8-10)19-5/h6-8H,9H2,1-5H3. The summed E-state index contributed by atoms with van der Waals surface area (Å²) in [5, 5.41) is 0. The topological polar surface area (TPSA) is 38.8 Å². The molecule has 0 bridgehead atoms. The lowest BCUT2D eigenvalue weighted by Crippen LogP contribution is -2.38. The maximum atomic E-state index is 12.1. The van der Waals surface area contributed by atoms with E-state index in [1.165, 1.54) is 0 Å². The molecule has 0 fully saturated rings. The van der Waals surface area contributed by atoms with E-state index in [-0.39, 0.29) is 5.91 Å². The molecule has 0 saturated carbocycles. The van der Waals surface area contributed by atoms with E-state index >= 15 is 0 Å². The molecular formula is C14H20BrNO3. The first kappa shape index (κ1) is 15.8. The lowest BCUT2D eigenvalue weighted by molar-refractivity contribution is -0.131. The van der Waals surface area contributed by atoms with Crippen molar-refractivity contribution in [1.29, 1.82) is 0 Å². The van der Waals surface area contributed by atoms with Crippen LogP contribution < -0.4 is 9.47 Å². The Morgan fingerprint density at radius 2 is 1.84 bits per heavy atom. The molecule has 1 aromatic rings. The fourth-order valence-corrected chi connectivity index (χ4v) is 2.08. The normalized spacial score (nSPS) is 11.1. The molecule has 1 rings (SSSR count). The Bertz CT molecular complexity index is 454. The van der Waals surface area contributed by atoms with Gasteiger partial charge in [-0.25, -0.2) is 0 Å². The van der Waals surface area contributed by atoms with Crippen LogP contribution in [-0.4, -0.2) is 36.4 Å². The number of halogens is 1. The average molecular weight is 330 g/mol. The van der Waals surface area contributed by atoms with Crippen LogP contribution in [0.5, 0.6) is 11.5 Å². The summed E-state index contributed by atoms with van der Waals surface area (Å²) < 4.78 is 9.88. The summed E-state index contributed by atoms with van der Waals surface area (Å²) in [5.41, 5.74) is 0.991. The van der Waals surface area contributed by atoms with Gasteiger partial charge < -0.3 is 14.4 Å². The van der Waals surface area contributed by atoms with Crippen molar-refractivity contribution in [3.63, 3.8) is 0 Å². The highest BCUT2D eigenvalue weighted by atomic mass is 79.9. The lowest BCUT2D eigenvalue weighted by Gasteiger charge is -2.25. The van der Waals surface area contributed by atoms with Gasteiger partial charge >= 0.3 is 0 Å².